The summed E-state index contributed by atoms with van der Waals surface area (Å²) in [5.41, 5.74) is 2.26. The lowest BCUT2D eigenvalue weighted by Crippen LogP contribution is -2.16. The third kappa shape index (κ3) is 3.42. The molecule has 3 aromatic carbocycles. The molecule has 1 aromatic heterocycles. The van der Waals surface area contributed by atoms with Crippen LogP contribution in [0.15, 0.2) is 48.5 Å². The molecule has 30 heavy (non-hydrogen) atoms. The second-order valence-corrected chi connectivity index (χ2v) is 7.81. The summed E-state index contributed by atoms with van der Waals surface area (Å²) >= 11 is 1.42. The number of carbonyl (C=O) groups is 1. The van der Waals surface area contributed by atoms with Crippen molar-refractivity contribution in [3.05, 3.63) is 82.4 Å². The Labute approximate surface area is 175 Å². The van der Waals surface area contributed by atoms with Gasteiger partial charge in [0.2, 0.25) is 0 Å². The number of carbonyl (C=O) groups excluding carboxylic acids is 1. The zero-order chi connectivity index (χ0) is 21.4. The number of nitrogens with zero attached hydrogens (tertiary/aromatic N) is 2. The monoisotopic (exact) mass is 419 g/mol. The highest BCUT2D eigenvalue weighted by molar-refractivity contribution is 7.21. The minimum atomic E-state index is -0.771. The first-order valence-corrected chi connectivity index (χ1v) is 9.87. The molecule has 4 aromatic rings. The van der Waals surface area contributed by atoms with E-state index in [0.29, 0.717) is 16.1 Å². The van der Waals surface area contributed by atoms with Gasteiger partial charge >= 0.3 is 0 Å². The average Bonchev–Trinajstić information content (AvgIpc) is 3.16. The van der Waals surface area contributed by atoms with Gasteiger partial charge in [-0.15, -0.1) is 11.3 Å². The summed E-state index contributed by atoms with van der Waals surface area (Å²) < 4.78 is 29.9. The standard InChI is InChI=1S/C23H15F2N3OS/c1-12-14(11-26)7-8-16(21(12)25)22(29)27-19-10-15(24)9-17(13(19)2)23-28-18-5-3-4-6-20(18)30-23/h3-10H,1-2H3,(H,27,29). The fourth-order valence-corrected chi connectivity index (χ4v) is 4.23. The minimum Gasteiger partial charge on any atom is -0.322 e. The molecule has 0 bridgehead atoms. The Hall–Kier alpha value is -3.63. The number of benzene rings is 3. The molecule has 4 rings (SSSR count). The average molecular weight is 419 g/mol. The number of aromatic nitrogens is 1. The molecule has 7 heteroatoms. The summed E-state index contributed by atoms with van der Waals surface area (Å²) in [5, 5.41) is 12.2. The van der Waals surface area contributed by atoms with Crippen LogP contribution in [0.2, 0.25) is 0 Å². The molecule has 0 spiro atoms. The van der Waals surface area contributed by atoms with E-state index in [-0.39, 0.29) is 22.4 Å². The zero-order valence-corrected chi connectivity index (χ0v) is 16.9. The predicted octanol–water partition coefficient (Wildman–Crippen LogP) is 5.98. The molecule has 0 saturated heterocycles. The number of hydrogen-bond acceptors (Lipinski definition) is 4. The molecule has 0 aliphatic rings. The first kappa shape index (κ1) is 19.7. The molecule has 0 aliphatic carbocycles. The van der Waals surface area contributed by atoms with Crippen molar-refractivity contribution in [3.8, 4) is 16.6 Å². The predicted molar refractivity (Wildman–Crippen MR) is 114 cm³/mol. The fraction of sp³-hybridized carbons (Fsp3) is 0.0870. The summed E-state index contributed by atoms with van der Waals surface area (Å²) in [6, 6.07) is 14.7. The van der Waals surface area contributed by atoms with Crippen molar-refractivity contribution in [1.29, 1.82) is 5.26 Å². The number of para-hydroxylation sites is 1. The van der Waals surface area contributed by atoms with Crippen LogP contribution < -0.4 is 5.32 Å². The first-order chi connectivity index (χ1) is 14.4. The highest BCUT2D eigenvalue weighted by atomic mass is 32.1. The Morgan fingerprint density at radius 1 is 1.10 bits per heavy atom. The van der Waals surface area contributed by atoms with E-state index in [0.717, 1.165) is 10.2 Å². The van der Waals surface area contributed by atoms with Crippen LogP contribution >= 0.6 is 11.3 Å². The van der Waals surface area contributed by atoms with Crippen LogP contribution in [0.1, 0.15) is 27.0 Å². The lowest BCUT2D eigenvalue weighted by atomic mass is 10.0. The molecule has 0 atom stereocenters. The van der Waals surface area contributed by atoms with Gasteiger partial charge in [0.25, 0.3) is 5.91 Å². The maximum absolute atomic E-state index is 14.6. The smallest absolute Gasteiger partial charge is 0.258 e. The number of halogens is 2. The largest absolute Gasteiger partial charge is 0.322 e. The van der Waals surface area contributed by atoms with Crippen molar-refractivity contribution in [1.82, 2.24) is 4.98 Å². The highest BCUT2D eigenvalue weighted by Crippen LogP contribution is 2.35. The molecule has 4 nitrogen and oxygen atoms in total. The molecule has 0 saturated carbocycles. The molecular weight excluding hydrogens is 404 g/mol. The van der Waals surface area contributed by atoms with Gasteiger partial charge in [-0.05, 0) is 55.8 Å². The molecular formula is C23H15F2N3OS. The molecule has 0 fully saturated rings. The number of amides is 1. The van der Waals surface area contributed by atoms with Gasteiger partial charge in [0.05, 0.1) is 27.4 Å². The maximum atomic E-state index is 14.6. The quantitative estimate of drug-likeness (QED) is 0.444. The minimum absolute atomic E-state index is 0.0938. The van der Waals surface area contributed by atoms with Crippen LogP contribution in [0.25, 0.3) is 20.8 Å². The zero-order valence-electron chi connectivity index (χ0n) is 16.1. The molecule has 1 amide bonds. The Morgan fingerprint density at radius 2 is 1.87 bits per heavy atom. The van der Waals surface area contributed by atoms with Gasteiger partial charge in [-0.3, -0.25) is 4.79 Å². The van der Waals surface area contributed by atoms with Crippen LogP contribution in [0.5, 0.6) is 0 Å². The van der Waals surface area contributed by atoms with Crippen molar-refractivity contribution in [2.45, 2.75) is 13.8 Å². The van der Waals surface area contributed by atoms with Gasteiger partial charge in [-0.2, -0.15) is 5.26 Å². The van der Waals surface area contributed by atoms with E-state index in [1.165, 1.54) is 42.5 Å². The normalized spacial score (nSPS) is 10.8. The molecule has 148 valence electrons. The van der Waals surface area contributed by atoms with Gasteiger partial charge in [0.15, 0.2) is 0 Å². The van der Waals surface area contributed by atoms with Gasteiger partial charge in [-0.25, -0.2) is 13.8 Å². The highest BCUT2D eigenvalue weighted by Gasteiger charge is 2.19. The molecule has 0 aliphatic heterocycles. The van der Waals surface area contributed by atoms with Gasteiger partial charge in [-0.1, -0.05) is 12.1 Å². The number of thiazole rings is 1. The summed E-state index contributed by atoms with van der Waals surface area (Å²) in [4.78, 5) is 17.2. The van der Waals surface area contributed by atoms with Crippen LogP contribution in [-0.2, 0) is 0 Å². The number of nitrogens with one attached hydrogen (secondary N) is 1. The first-order valence-electron chi connectivity index (χ1n) is 9.05. The van der Waals surface area contributed by atoms with Crippen LogP contribution in [0.4, 0.5) is 14.5 Å². The SMILES string of the molecule is Cc1c(NC(=O)c2ccc(C#N)c(C)c2F)cc(F)cc1-c1nc2ccccc2s1. The van der Waals surface area contributed by atoms with E-state index in [1.54, 1.807) is 6.92 Å². The van der Waals surface area contributed by atoms with Crippen LogP contribution in [0.3, 0.4) is 0 Å². The van der Waals surface area contributed by atoms with Crippen molar-refractivity contribution in [3.63, 3.8) is 0 Å². The van der Waals surface area contributed by atoms with E-state index in [1.807, 2.05) is 30.3 Å². The van der Waals surface area contributed by atoms with Gasteiger partial charge in [0.1, 0.15) is 16.6 Å². The Bertz CT molecular complexity index is 1320. The Balaban J connectivity index is 1.73. The number of anilines is 1. The van der Waals surface area contributed by atoms with Crippen molar-refractivity contribution < 1.29 is 13.6 Å². The summed E-state index contributed by atoms with van der Waals surface area (Å²) in [7, 11) is 0. The second kappa shape index (κ2) is 7.65. The third-order valence-electron chi connectivity index (χ3n) is 4.90. The number of hydrogen-bond donors (Lipinski definition) is 1. The van der Waals surface area contributed by atoms with E-state index in [9.17, 15) is 13.6 Å². The van der Waals surface area contributed by atoms with Crippen molar-refractivity contribution in [2.75, 3.05) is 5.32 Å². The maximum Gasteiger partial charge on any atom is 0.258 e. The van der Waals surface area contributed by atoms with Crippen LogP contribution in [0, 0.1) is 36.8 Å². The van der Waals surface area contributed by atoms with E-state index >= 15 is 0 Å². The van der Waals surface area contributed by atoms with E-state index < -0.39 is 17.5 Å². The molecule has 1 N–H and O–H groups in total. The lowest BCUT2D eigenvalue weighted by molar-refractivity contribution is 0.102. The molecule has 0 radical (unpaired) electrons. The summed E-state index contributed by atoms with van der Waals surface area (Å²) in [6.07, 6.45) is 0. The van der Waals surface area contributed by atoms with Crippen molar-refractivity contribution >= 4 is 33.1 Å². The summed E-state index contributed by atoms with van der Waals surface area (Å²) in [5.74, 6) is -2.03. The molecule has 1 heterocycles. The molecule has 0 unspecified atom stereocenters. The Morgan fingerprint density at radius 3 is 2.60 bits per heavy atom. The topological polar surface area (TPSA) is 65.8 Å². The van der Waals surface area contributed by atoms with Crippen LogP contribution in [-0.4, -0.2) is 10.9 Å². The number of nitriles is 1. The lowest BCUT2D eigenvalue weighted by Gasteiger charge is -2.13. The fourth-order valence-electron chi connectivity index (χ4n) is 3.19. The van der Waals surface area contributed by atoms with E-state index in [4.69, 9.17) is 5.26 Å². The Kier molecular flexibility index (Phi) is 5.02. The summed E-state index contributed by atoms with van der Waals surface area (Å²) in [6.45, 7) is 3.18. The second-order valence-electron chi connectivity index (χ2n) is 6.78. The number of rotatable bonds is 3. The van der Waals surface area contributed by atoms with Crippen molar-refractivity contribution in [2.24, 2.45) is 0 Å². The van der Waals surface area contributed by atoms with Gasteiger partial charge < -0.3 is 5.32 Å². The van der Waals surface area contributed by atoms with E-state index in [2.05, 4.69) is 10.3 Å². The number of fused-ring (bicyclic) bond motifs is 1. The third-order valence-corrected chi connectivity index (χ3v) is 5.97. The van der Waals surface area contributed by atoms with Gasteiger partial charge in [0, 0.05) is 16.8 Å².